The number of ether oxygens (including phenoxy) is 1. The first-order valence-corrected chi connectivity index (χ1v) is 10.8. The number of rotatable bonds is 6. The van der Waals surface area contributed by atoms with Crippen molar-refractivity contribution >= 4 is 34.0 Å². The number of carbonyl (C=O) groups is 2. The molecule has 0 aliphatic heterocycles. The SMILES string of the molecule is CC(=O)N(c1cccc(C)c1)c1nc(COC(=O)C[C@@H]2C[C@@H]3CC[C@@H]2C3)cs1. The van der Waals surface area contributed by atoms with E-state index in [-0.39, 0.29) is 18.5 Å². The van der Waals surface area contributed by atoms with Gasteiger partial charge in [-0.3, -0.25) is 14.5 Å². The third-order valence-corrected chi connectivity index (χ3v) is 6.87. The molecular formula is C22H26N2O3S. The van der Waals surface area contributed by atoms with Crippen LogP contribution in [0.25, 0.3) is 0 Å². The van der Waals surface area contributed by atoms with Gasteiger partial charge in [0.15, 0.2) is 5.13 Å². The van der Waals surface area contributed by atoms with Gasteiger partial charge in [-0.15, -0.1) is 11.3 Å². The highest BCUT2D eigenvalue weighted by molar-refractivity contribution is 7.14. The normalized spacial score (nSPS) is 23.0. The summed E-state index contributed by atoms with van der Waals surface area (Å²) in [6.07, 6.45) is 5.63. The average molecular weight is 399 g/mol. The fraction of sp³-hybridized carbons (Fsp3) is 0.500. The zero-order chi connectivity index (χ0) is 19.7. The van der Waals surface area contributed by atoms with Gasteiger partial charge in [-0.25, -0.2) is 4.98 Å². The molecule has 2 bridgehead atoms. The minimum atomic E-state index is -0.130. The number of thiazole rings is 1. The summed E-state index contributed by atoms with van der Waals surface area (Å²) in [5, 5.41) is 2.45. The molecule has 2 aromatic rings. The summed E-state index contributed by atoms with van der Waals surface area (Å²) in [6, 6.07) is 7.76. The van der Waals surface area contributed by atoms with Gasteiger partial charge in [-0.1, -0.05) is 18.6 Å². The van der Waals surface area contributed by atoms with E-state index in [1.54, 1.807) is 4.90 Å². The zero-order valence-electron chi connectivity index (χ0n) is 16.4. The lowest BCUT2D eigenvalue weighted by Crippen LogP contribution is -2.22. The second-order valence-electron chi connectivity index (χ2n) is 8.11. The average Bonchev–Trinajstić information content (AvgIpc) is 3.37. The van der Waals surface area contributed by atoms with Crippen molar-refractivity contribution in [1.29, 1.82) is 0 Å². The van der Waals surface area contributed by atoms with E-state index in [0.29, 0.717) is 23.2 Å². The molecule has 1 heterocycles. The van der Waals surface area contributed by atoms with Crippen LogP contribution in [0.2, 0.25) is 0 Å². The molecule has 0 N–H and O–H groups in total. The maximum atomic E-state index is 12.2. The standard InChI is InChI=1S/C22H26N2O3S/c1-14-4-3-5-20(8-14)24(15(2)25)22-23-19(13-28-22)12-27-21(26)11-18-10-16-6-7-17(18)9-16/h3-5,8,13,16-18H,6-7,9-12H2,1-2H3/t16-,17-,18+/m1/s1. The monoisotopic (exact) mass is 398 g/mol. The molecule has 5 nitrogen and oxygen atoms in total. The van der Waals surface area contributed by atoms with Crippen molar-refractivity contribution < 1.29 is 14.3 Å². The van der Waals surface area contributed by atoms with E-state index >= 15 is 0 Å². The first-order valence-electron chi connectivity index (χ1n) is 9.97. The molecule has 0 unspecified atom stereocenters. The number of nitrogens with zero attached hydrogens (tertiary/aromatic N) is 2. The molecule has 2 aliphatic carbocycles. The van der Waals surface area contributed by atoms with Gasteiger partial charge in [0, 0.05) is 18.7 Å². The Morgan fingerprint density at radius 1 is 1.29 bits per heavy atom. The van der Waals surface area contributed by atoms with Crippen LogP contribution in [0.4, 0.5) is 10.8 Å². The maximum absolute atomic E-state index is 12.2. The quantitative estimate of drug-likeness (QED) is 0.642. The molecule has 1 amide bonds. The molecule has 148 valence electrons. The summed E-state index contributed by atoms with van der Waals surface area (Å²) >= 11 is 1.38. The lowest BCUT2D eigenvalue weighted by atomic mass is 9.86. The number of hydrogen-bond acceptors (Lipinski definition) is 5. The summed E-state index contributed by atoms with van der Waals surface area (Å²) in [5.41, 5.74) is 2.55. The van der Waals surface area contributed by atoms with Crippen LogP contribution in [0.3, 0.4) is 0 Å². The Hall–Kier alpha value is -2.21. The fourth-order valence-electron chi connectivity index (χ4n) is 4.71. The van der Waals surface area contributed by atoms with E-state index in [4.69, 9.17) is 4.74 Å². The lowest BCUT2D eigenvalue weighted by molar-refractivity contribution is -0.146. The van der Waals surface area contributed by atoms with E-state index < -0.39 is 0 Å². The minimum Gasteiger partial charge on any atom is -0.459 e. The number of carbonyl (C=O) groups excluding carboxylic acids is 2. The van der Waals surface area contributed by atoms with Crippen LogP contribution in [0.5, 0.6) is 0 Å². The Morgan fingerprint density at radius 2 is 2.14 bits per heavy atom. The predicted molar refractivity (Wildman–Crippen MR) is 109 cm³/mol. The van der Waals surface area contributed by atoms with E-state index in [9.17, 15) is 9.59 Å². The molecule has 2 saturated carbocycles. The topological polar surface area (TPSA) is 59.5 Å². The molecule has 28 heavy (non-hydrogen) atoms. The molecule has 0 spiro atoms. The predicted octanol–water partition coefficient (Wildman–Crippen LogP) is 5.01. The highest BCUT2D eigenvalue weighted by Gasteiger charge is 2.40. The molecule has 1 aromatic heterocycles. The second-order valence-corrected chi connectivity index (χ2v) is 8.95. The molecule has 6 heteroatoms. The Bertz CT molecular complexity index is 878. The van der Waals surface area contributed by atoms with Crippen molar-refractivity contribution in [3.63, 3.8) is 0 Å². The summed E-state index contributed by atoms with van der Waals surface area (Å²) in [5.74, 6) is 1.84. The first-order chi connectivity index (χ1) is 13.5. The maximum Gasteiger partial charge on any atom is 0.306 e. The van der Waals surface area contributed by atoms with Crippen molar-refractivity contribution in [3.8, 4) is 0 Å². The van der Waals surface area contributed by atoms with Crippen LogP contribution < -0.4 is 4.90 Å². The van der Waals surface area contributed by atoms with E-state index in [2.05, 4.69) is 4.98 Å². The van der Waals surface area contributed by atoms with E-state index in [0.717, 1.165) is 23.1 Å². The summed E-state index contributed by atoms with van der Waals surface area (Å²) in [6.45, 7) is 3.68. The van der Waals surface area contributed by atoms with E-state index in [1.165, 1.54) is 43.9 Å². The number of esters is 1. The van der Waals surface area contributed by atoms with Crippen LogP contribution in [0.1, 0.15) is 50.3 Å². The highest BCUT2D eigenvalue weighted by Crippen LogP contribution is 2.49. The summed E-state index contributed by atoms with van der Waals surface area (Å²) in [4.78, 5) is 30.6. The third-order valence-electron chi connectivity index (χ3n) is 6.00. The van der Waals surface area contributed by atoms with Crippen LogP contribution in [-0.2, 0) is 20.9 Å². The number of amides is 1. The zero-order valence-corrected chi connectivity index (χ0v) is 17.2. The van der Waals surface area contributed by atoms with Crippen molar-refractivity contribution in [2.75, 3.05) is 4.90 Å². The molecule has 1 aromatic carbocycles. The van der Waals surface area contributed by atoms with Gasteiger partial charge in [-0.05, 0) is 61.6 Å². The largest absolute Gasteiger partial charge is 0.459 e. The molecule has 0 radical (unpaired) electrons. The number of aryl methyl sites for hydroxylation is 1. The van der Waals surface area contributed by atoms with Gasteiger partial charge in [-0.2, -0.15) is 0 Å². The van der Waals surface area contributed by atoms with Gasteiger partial charge in [0.05, 0.1) is 11.4 Å². The Balaban J connectivity index is 1.36. The number of anilines is 2. The highest BCUT2D eigenvalue weighted by atomic mass is 32.1. The number of fused-ring (bicyclic) bond motifs is 2. The van der Waals surface area contributed by atoms with Gasteiger partial charge in [0.25, 0.3) is 0 Å². The van der Waals surface area contributed by atoms with Gasteiger partial charge in [0.1, 0.15) is 6.61 Å². The van der Waals surface area contributed by atoms with Gasteiger partial charge >= 0.3 is 5.97 Å². The number of benzene rings is 1. The van der Waals surface area contributed by atoms with Crippen molar-refractivity contribution in [1.82, 2.24) is 4.98 Å². The lowest BCUT2D eigenvalue weighted by Gasteiger charge is -2.20. The van der Waals surface area contributed by atoms with Crippen molar-refractivity contribution in [2.45, 2.75) is 52.6 Å². The molecule has 2 aliphatic rings. The van der Waals surface area contributed by atoms with Crippen LogP contribution >= 0.6 is 11.3 Å². The third kappa shape index (κ3) is 4.12. The smallest absolute Gasteiger partial charge is 0.306 e. The summed E-state index contributed by atoms with van der Waals surface area (Å²) < 4.78 is 5.48. The Labute approximate surface area is 169 Å². The van der Waals surface area contributed by atoms with Crippen LogP contribution in [-0.4, -0.2) is 16.9 Å². The van der Waals surface area contributed by atoms with E-state index in [1.807, 2.05) is 36.6 Å². The molecule has 3 atom stereocenters. The Kier molecular flexibility index (Phi) is 5.49. The van der Waals surface area contributed by atoms with Gasteiger partial charge < -0.3 is 4.74 Å². The van der Waals surface area contributed by atoms with Crippen molar-refractivity contribution in [3.05, 3.63) is 40.9 Å². The van der Waals surface area contributed by atoms with Gasteiger partial charge in [0.2, 0.25) is 5.91 Å². The molecule has 0 saturated heterocycles. The number of aromatic nitrogens is 1. The van der Waals surface area contributed by atoms with Crippen LogP contribution in [0.15, 0.2) is 29.6 Å². The second kappa shape index (κ2) is 8.03. The summed E-state index contributed by atoms with van der Waals surface area (Å²) in [7, 11) is 0. The first kappa shape index (κ1) is 19.1. The van der Waals surface area contributed by atoms with Crippen LogP contribution in [0, 0.1) is 24.7 Å². The molecule has 4 rings (SSSR count). The number of hydrogen-bond donors (Lipinski definition) is 0. The van der Waals surface area contributed by atoms with Crippen molar-refractivity contribution in [2.24, 2.45) is 17.8 Å². The minimum absolute atomic E-state index is 0.0974. The fourth-order valence-corrected chi connectivity index (χ4v) is 5.58. The molecule has 2 fully saturated rings. The Morgan fingerprint density at radius 3 is 2.82 bits per heavy atom. The molecular weight excluding hydrogens is 372 g/mol.